The molecule has 0 aliphatic carbocycles. The Morgan fingerprint density at radius 2 is 2.06 bits per heavy atom. The van der Waals surface area contributed by atoms with E-state index in [4.69, 9.17) is 11.6 Å². The van der Waals surface area contributed by atoms with E-state index in [0.717, 1.165) is 0 Å². The summed E-state index contributed by atoms with van der Waals surface area (Å²) in [6, 6.07) is 3.37. The number of aliphatic hydroxyl groups is 1. The Hall–Kier alpha value is -2.05. The van der Waals surface area contributed by atoms with E-state index in [2.05, 4.69) is 20.3 Å². The average Bonchev–Trinajstić information content (AvgIpc) is 2.66. The Labute approximate surface area is 107 Å². The van der Waals surface area contributed by atoms with Crippen molar-refractivity contribution in [3.05, 3.63) is 40.9 Å². The van der Waals surface area contributed by atoms with Crippen molar-refractivity contribution in [1.82, 2.24) is 20.3 Å². The lowest BCUT2D eigenvalue weighted by molar-refractivity contribution is 0.0844. The molecule has 2 N–H and O–H groups in total. The minimum Gasteiger partial charge on any atom is -0.368 e. The number of aromatic nitrogens is 3. The lowest BCUT2D eigenvalue weighted by Crippen LogP contribution is -2.18. The van der Waals surface area contributed by atoms with Gasteiger partial charge in [-0.2, -0.15) is 0 Å². The van der Waals surface area contributed by atoms with Crippen LogP contribution in [0.15, 0.2) is 24.5 Å². The average molecular weight is 263 g/mol. The Bertz CT molecular complexity index is 629. The van der Waals surface area contributed by atoms with Crippen LogP contribution in [-0.4, -0.2) is 26.0 Å². The first-order valence-corrected chi connectivity index (χ1v) is 5.51. The summed E-state index contributed by atoms with van der Waals surface area (Å²) in [5, 5.41) is 12.4. The molecular formula is C11H7ClN4O2. The van der Waals surface area contributed by atoms with E-state index in [1.54, 1.807) is 12.1 Å². The van der Waals surface area contributed by atoms with Gasteiger partial charge in [0.2, 0.25) is 0 Å². The van der Waals surface area contributed by atoms with Gasteiger partial charge in [0.15, 0.2) is 11.9 Å². The number of halogens is 1. The molecule has 3 rings (SSSR count). The van der Waals surface area contributed by atoms with Gasteiger partial charge in [-0.25, -0.2) is 9.97 Å². The van der Waals surface area contributed by atoms with Crippen LogP contribution < -0.4 is 5.32 Å². The highest BCUT2D eigenvalue weighted by Crippen LogP contribution is 2.23. The SMILES string of the molecule is O=C1NC(O)c2nc(-c3ccc(Cl)cn3)cnc21. The van der Waals surface area contributed by atoms with Gasteiger partial charge in [0.25, 0.3) is 5.91 Å². The standard InChI is InChI=1S/C11H7ClN4O2/c12-5-1-2-6(13-3-5)7-4-14-8-9(15-7)11(18)16-10(8)17/h1-4,11,18H,(H,16,17). The zero-order valence-electron chi connectivity index (χ0n) is 8.96. The Balaban J connectivity index is 2.08. The summed E-state index contributed by atoms with van der Waals surface area (Å²) < 4.78 is 0. The van der Waals surface area contributed by atoms with Gasteiger partial charge in [-0.3, -0.25) is 9.78 Å². The molecule has 6 nitrogen and oxygen atoms in total. The Morgan fingerprint density at radius 3 is 2.78 bits per heavy atom. The van der Waals surface area contributed by atoms with Gasteiger partial charge in [-0.15, -0.1) is 0 Å². The predicted octanol–water partition coefficient (Wildman–Crippen LogP) is 0.926. The number of pyridine rings is 1. The molecule has 0 fully saturated rings. The summed E-state index contributed by atoms with van der Waals surface area (Å²) in [6.45, 7) is 0. The van der Waals surface area contributed by atoms with Gasteiger partial charge in [0, 0.05) is 6.20 Å². The number of nitrogens with one attached hydrogen (secondary N) is 1. The van der Waals surface area contributed by atoms with Gasteiger partial charge >= 0.3 is 0 Å². The number of rotatable bonds is 1. The van der Waals surface area contributed by atoms with Gasteiger partial charge in [-0.05, 0) is 12.1 Å². The molecular weight excluding hydrogens is 256 g/mol. The quantitative estimate of drug-likeness (QED) is 0.798. The maximum atomic E-state index is 11.4. The summed E-state index contributed by atoms with van der Waals surface area (Å²) >= 11 is 5.74. The molecule has 0 radical (unpaired) electrons. The van der Waals surface area contributed by atoms with E-state index >= 15 is 0 Å². The van der Waals surface area contributed by atoms with Crippen LogP contribution in [0.1, 0.15) is 22.4 Å². The number of hydrogen-bond acceptors (Lipinski definition) is 5. The minimum atomic E-state index is -1.12. The fourth-order valence-corrected chi connectivity index (χ4v) is 1.79. The molecule has 2 aromatic heterocycles. The van der Waals surface area contributed by atoms with E-state index in [9.17, 15) is 9.90 Å². The number of nitrogens with zero attached hydrogens (tertiary/aromatic N) is 3. The minimum absolute atomic E-state index is 0.139. The maximum Gasteiger partial charge on any atom is 0.274 e. The molecule has 0 aromatic carbocycles. The summed E-state index contributed by atoms with van der Waals surface area (Å²) in [7, 11) is 0. The monoisotopic (exact) mass is 262 g/mol. The second kappa shape index (κ2) is 4.01. The number of carbonyl (C=O) groups is 1. The van der Waals surface area contributed by atoms with Gasteiger partial charge in [-0.1, -0.05) is 11.6 Å². The zero-order chi connectivity index (χ0) is 12.7. The first-order valence-electron chi connectivity index (χ1n) is 5.13. The summed E-state index contributed by atoms with van der Waals surface area (Å²) in [5.41, 5.74) is 1.40. The Kier molecular flexibility index (Phi) is 2.46. The third kappa shape index (κ3) is 1.71. The third-order valence-corrected chi connectivity index (χ3v) is 2.75. The van der Waals surface area contributed by atoms with Crippen LogP contribution in [0.5, 0.6) is 0 Å². The van der Waals surface area contributed by atoms with Gasteiger partial charge < -0.3 is 10.4 Å². The Morgan fingerprint density at radius 1 is 1.22 bits per heavy atom. The van der Waals surface area contributed by atoms with Crippen molar-refractivity contribution >= 4 is 17.5 Å². The molecule has 0 bridgehead atoms. The molecule has 1 unspecified atom stereocenters. The number of hydrogen-bond donors (Lipinski definition) is 2. The molecule has 0 saturated carbocycles. The fraction of sp³-hybridized carbons (Fsp3) is 0.0909. The fourth-order valence-electron chi connectivity index (χ4n) is 1.68. The largest absolute Gasteiger partial charge is 0.368 e. The second-order valence-electron chi connectivity index (χ2n) is 3.73. The van der Waals surface area contributed by atoms with Crippen molar-refractivity contribution in [3.8, 4) is 11.4 Å². The topological polar surface area (TPSA) is 88.0 Å². The van der Waals surface area contributed by atoms with E-state index in [0.29, 0.717) is 16.4 Å². The normalized spacial score (nSPS) is 17.4. The van der Waals surface area contributed by atoms with E-state index in [-0.39, 0.29) is 11.4 Å². The highest BCUT2D eigenvalue weighted by Gasteiger charge is 2.30. The lowest BCUT2D eigenvalue weighted by atomic mass is 10.2. The van der Waals surface area contributed by atoms with Crippen LogP contribution in [0.25, 0.3) is 11.4 Å². The van der Waals surface area contributed by atoms with Crippen LogP contribution >= 0.6 is 11.6 Å². The van der Waals surface area contributed by atoms with E-state index in [1.165, 1.54) is 12.4 Å². The molecule has 2 aromatic rings. The van der Waals surface area contributed by atoms with Crippen LogP contribution in [0.2, 0.25) is 5.02 Å². The molecule has 1 atom stereocenters. The summed E-state index contributed by atoms with van der Waals surface area (Å²) in [5.74, 6) is -0.430. The summed E-state index contributed by atoms with van der Waals surface area (Å²) in [4.78, 5) is 23.6. The predicted molar refractivity (Wildman–Crippen MR) is 62.7 cm³/mol. The molecule has 90 valence electrons. The van der Waals surface area contributed by atoms with E-state index in [1.807, 2.05) is 0 Å². The van der Waals surface area contributed by atoms with Crippen molar-refractivity contribution in [3.63, 3.8) is 0 Å². The molecule has 1 amide bonds. The molecule has 7 heteroatoms. The van der Waals surface area contributed by atoms with Crippen molar-refractivity contribution < 1.29 is 9.90 Å². The van der Waals surface area contributed by atoms with Crippen molar-refractivity contribution in [2.45, 2.75) is 6.23 Å². The van der Waals surface area contributed by atoms with Crippen LogP contribution in [-0.2, 0) is 0 Å². The number of aliphatic hydroxyl groups excluding tert-OH is 1. The molecule has 3 heterocycles. The molecule has 0 saturated heterocycles. The smallest absolute Gasteiger partial charge is 0.274 e. The first-order chi connectivity index (χ1) is 8.65. The zero-order valence-corrected chi connectivity index (χ0v) is 9.72. The van der Waals surface area contributed by atoms with Crippen molar-refractivity contribution in [1.29, 1.82) is 0 Å². The van der Waals surface area contributed by atoms with Crippen LogP contribution in [0.4, 0.5) is 0 Å². The summed E-state index contributed by atoms with van der Waals surface area (Å²) in [6.07, 6.45) is 1.81. The van der Waals surface area contributed by atoms with Crippen LogP contribution in [0, 0.1) is 0 Å². The molecule has 18 heavy (non-hydrogen) atoms. The highest BCUT2D eigenvalue weighted by molar-refractivity contribution is 6.30. The third-order valence-electron chi connectivity index (χ3n) is 2.53. The number of fused-ring (bicyclic) bond motifs is 1. The van der Waals surface area contributed by atoms with Gasteiger partial charge in [0.05, 0.1) is 16.9 Å². The maximum absolute atomic E-state index is 11.4. The second-order valence-corrected chi connectivity index (χ2v) is 4.16. The van der Waals surface area contributed by atoms with Crippen molar-refractivity contribution in [2.75, 3.05) is 0 Å². The van der Waals surface area contributed by atoms with E-state index < -0.39 is 12.1 Å². The van der Waals surface area contributed by atoms with Crippen molar-refractivity contribution in [2.24, 2.45) is 0 Å². The highest BCUT2D eigenvalue weighted by atomic mass is 35.5. The number of amides is 1. The first kappa shape index (κ1) is 11.1. The number of carbonyl (C=O) groups excluding carboxylic acids is 1. The molecule has 1 aliphatic heterocycles. The van der Waals surface area contributed by atoms with Gasteiger partial charge in [0.1, 0.15) is 11.4 Å². The lowest BCUT2D eigenvalue weighted by Gasteiger charge is -2.04. The molecule has 0 spiro atoms. The molecule has 1 aliphatic rings. The van der Waals surface area contributed by atoms with Crippen LogP contribution in [0.3, 0.4) is 0 Å².